The number of amides is 2. The van der Waals surface area contributed by atoms with Gasteiger partial charge in [-0.3, -0.25) is 14.5 Å². The molecule has 6 nitrogen and oxygen atoms in total. The molecule has 150 valence electrons. The third-order valence-electron chi connectivity index (χ3n) is 4.86. The van der Waals surface area contributed by atoms with Crippen LogP contribution in [0.2, 0.25) is 0 Å². The van der Waals surface area contributed by atoms with Gasteiger partial charge >= 0.3 is 0 Å². The molecule has 2 aromatic rings. The third-order valence-corrected chi connectivity index (χ3v) is 4.86. The molecule has 1 aliphatic heterocycles. The van der Waals surface area contributed by atoms with Gasteiger partial charge in [-0.05, 0) is 42.3 Å². The van der Waals surface area contributed by atoms with Crippen LogP contribution in [0.15, 0.2) is 48.5 Å². The van der Waals surface area contributed by atoms with Crippen LogP contribution in [-0.4, -0.2) is 54.3 Å². The van der Waals surface area contributed by atoms with Crippen molar-refractivity contribution >= 4 is 35.6 Å². The molecule has 2 amide bonds. The summed E-state index contributed by atoms with van der Waals surface area (Å²) >= 11 is 0. The van der Waals surface area contributed by atoms with Crippen LogP contribution in [0.4, 0.5) is 11.4 Å². The maximum absolute atomic E-state index is 12.5. The van der Waals surface area contributed by atoms with Crippen molar-refractivity contribution in [3.8, 4) is 0 Å². The number of halogens is 1. The van der Waals surface area contributed by atoms with Gasteiger partial charge in [0.2, 0.25) is 5.91 Å². The highest BCUT2D eigenvalue weighted by molar-refractivity contribution is 5.95. The molecular weight excluding hydrogens is 376 g/mol. The fourth-order valence-corrected chi connectivity index (χ4v) is 3.26. The van der Waals surface area contributed by atoms with E-state index in [0.717, 1.165) is 17.7 Å². The lowest BCUT2D eigenvalue weighted by atomic mass is 10.1. The smallest absolute Gasteiger partial charge is 0.253 e. The summed E-state index contributed by atoms with van der Waals surface area (Å²) in [6, 6.07) is 14.8. The van der Waals surface area contributed by atoms with Crippen LogP contribution in [0.3, 0.4) is 0 Å². The highest BCUT2D eigenvalue weighted by Gasteiger charge is 2.23. The molecule has 2 aromatic carbocycles. The standard InChI is InChI=1S/C21H26N4O2.ClH/c1-2-16-5-3-4-6-19(16)23-20(26)15-24-11-13-25(14-12-24)21(27)17-7-9-18(22)10-8-17;/h3-10H,2,11-15,22H2,1H3,(H,23,26);1H. The van der Waals surface area contributed by atoms with E-state index < -0.39 is 0 Å². The fourth-order valence-electron chi connectivity index (χ4n) is 3.26. The zero-order valence-corrected chi connectivity index (χ0v) is 16.9. The van der Waals surface area contributed by atoms with Crippen molar-refractivity contribution in [2.75, 3.05) is 43.8 Å². The van der Waals surface area contributed by atoms with E-state index in [4.69, 9.17) is 5.73 Å². The van der Waals surface area contributed by atoms with Crippen LogP contribution >= 0.6 is 12.4 Å². The van der Waals surface area contributed by atoms with Crippen molar-refractivity contribution < 1.29 is 9.59 Å². The molecule has 0 atom stereocenters. The lowest BCUT2D eigenvalue weighted by Crippen LogP contribution is -2.50. The number of benzene rings is 2. The van der Waals surface area contributed by atoms with Crippen molar-refractivity contribution in [3.05, 3.63) is 59.7 Å². The van der Waals surface area contributed by atoms with Crippen molar-refractivity contribution in [1.82, 2.24) is 9.80 Å². The molecule has 0 saturated carbocycles. The maximum Gasteiger partial charge on any atom is 0.253 e. The summed E-state index contributed by atoms with van der Waals surface area (Å²) in [5.74, 6) is -0.00909. The fraction of sp³-hybridized carbons (Fsp3) is 0.333. The van der Waals surface area contributed by atoms with Crippen LogP contribution in [-0.2, 0) is 11.2 Å². The Kier molecular flexibility index (Phi) is 7.84. The van der Waals surface area contributed by atoms with Crippen LogP contribution < -0.4 is 11.1 Å². The second kappa shape index (κ2) is 10.1. The number of aryl methyl sites for hydroxylation is 1. The predicted molar refractivity (Wildman–Crippen MR) is 115 cm³/mol. The largest absolute Gasteiger partial charge is 0.399 e. The average molecular weight is 403 g/mol. The SMILES string of the molecule is CCc1ccccc1NC(=O)CN1CCN(C(=O)c2ccc(N)cc2)CC1.Cl. The zero-order valence-electron chi connectivity index (χ0n) is 16.1. The molecule has 1 heterocycles. The maximum atomic E-state index is 12.5. The quantitative estimate of drug-likeness (QED) is 0.753. The van der Waals surface area contributed by atoms with Crippen LogP contribution in [0.1, 0.15) is 22.8 Å². The minimum Gasteiger partial charge on any atom is -0.399 e. The lowest BCUT2D eigenvalue weighted by Gasteiger charge is -2.34. The van der Waals surface area contributed by atoms with Gasteiger partial charge in [-0.25, -0.2) is 0 Å². The molecule has 1 fully saturated rings. The number of anilines is 2. The predicted octanol–water partition coefficient (Wildman–Crippen LogP) is 2.65. The monoisotopic (exact) mass is 402 g/mol. The summed E-state index contributed by atoms with van der Waals surface area (Å²) in [7, 11) is 0. The van der Waals surface area contributed by atoms with E-state index in [9.17, 15) is 9.59 Å². The Morgan fingerprint density at radius 1 is 1.00 bits per heavy atom. The summed E-state index contributed by atoms with van der Waals surface area (Å²) < 4.78 is 0. The molecule has 3 rings (SSSR count). The molecular formula is C21H27ClN4O2. The van der Waals surface area contributed by atoms with E-state index >= 15 is 0 Å². The molecule has 0 bridgehead atoms. The molecule has 0 radical (unpaired) electrons. The van der Waals surface area contributed by atoms with Gasteiger partial charge in [-0.2, -0.15) is 0 Å². The van der Waals surface area contributed by atoms with E-state index in [-0.39, 0.29) is 24.2 Å². The molecule has 1 aliphatic rings. The molecule has 0 aromatic heterocycles. The Bertz CT molecular complexity index is 802. The first-order chi connectivity index (χ1) is 13.1. The van der Waals surface area contributed by atoms with Gasteiger partial charge in [-0.15, -0.1) is 12.4 Å². The number of nitrogens with zero attached hydrogens (tertiary/aromatic N) is 2. The second-order valence-electron chi connectivity index (χ2n) is 6.75. The van der Waals surface area contributed by atoms with Gasteiger partial charge in [0.25, 0.3) is 5.91 Å². The molecule has 0 spiro atoms. The number of carbonyl (C=O) groups excluding carboxylic acids is 2. The molecule has 0 unspecified atom stereocenters. The van der Waals surface area contributed by atoms with E-state index in [0.29, 0.717) is 44.0 Å². The van der Waals surface area contributed by atoms with Crippen LogP contribution in [0.5, 0.6) is 0 Å². The van der Waals surface area contributed by atoms with Crippen LogP contribution in [0.25, 0.3) is 0 Å². The second-order valence-corrected chi connectivity index (χ2v) is 6.75. The van der Waals surface area contributed by atoms with Crippen molar-refractivity contribution in [1.29, 1.82) is 0 Å². The van der Waals surface area contributed by atoms with Crippen molar-refractivity contribution in [3.63, 3.8) is 0 Å². The zero-order chi connectivity index (χ0) is 19.2. The van der Waals surface area contributed by atoms with Gasteiger partial charge in [0, 0.05) is 43.1 Å². The van der Waals surface area contributed by atoms with Crippen LogP contribution in [0, 0.1) is 0 Å². The molecule has 3 N–H and O–H groups in total. The number of carbonyl (C=O) groups is 2. The molecule has 28 heavy (non-hydrogen) atoms. The normalized spacial score (nSPS) is 14.2. The van der Waals surface area contributed by atoms with Gasteiger partial charge in [0.15, 0.2) is 0 Å². The van der Waals surface area contributed by atoms with E-state index in [1.165, 1.54) is 0 Å². The Morgan fingerprint density at radius 3 is 2.29 bits per heavy atom. The van der Waals surface area contributed by atoms with Gasteiger partial charge in [0.05, 0.1) is 6.54 Å². The summed E-state index contributed by atoms with van der Waals surface area (Å²) in [5, 5.41) is 3.00. The number of hydrogen-bond donors (Lipinski definition) is 2. The van der Waals surface area contributed by atoms with Gasteiger partial charge in [0.1, 0.15) is 0 Å². The Morgan fingerprint density at radius 2 is 1.64 bits per heavy atom. The number of nitrogens with two attached hydrogens (primary N) is 1. The first-order valence-corrected chi connectivity index (χ1v) is 9.31. The summed E-state index contributed by atoms with van der Waals surface area (Å²) in [6.07, 6.45) is 0.877. The average Bonchev–Trinajstić information content (AvgIpc) is 2.69. The lowest BCUT2D eigenvalue weighted by molar-refractivity contribution is -0.117. The highest BCUT2D eigenvalue weighted by atomic mass is 35.5. The minimum atomic E-state index is -0.0192. The number of nitrogens with one attached hydrogen (secondary N) is 1. The number of nitrogen functional groups attached to an aromatic ring is 1. The molecule has 1 saturated heterocycles. The minimum absolute atomic E-state index is 0. The van der Waals surface area contributed by atoms with Gasteiger partial charge in [-0.1, -0.05) is 25.1 Å². The number of rotatable bonds is 5. The summed E-state index contributed by atoms with van der Waals surface area (Å²) in [5.41, 5.74) is 8.97. The van der Waals surface area contributed by atoms with Crippen molar-refractivity contribution in [2.24, 2.45) is 0 Å². The first-order valence-electron chi connectivity index (χ1n) is 9.31. The number of piperazine rings is 1. The molecule has 0 aliphatic carbocycles. The van der Waals surface area contributed by atoms with E-state index in [1.807, 2.05) is 29.2 Å². The van der Waals surface area contributed by atoms with Crippen molar-refractivity contribution in [2.45, 2.75) is 13.3 Å². The topological polar surface area (TPSA) is 78.7 Å². The summed E-state index contributed by atoms with van der Waals surface area (Å²) in [6.45, 7) is 5.00. The number of para-hydroxylation sites is 1. The Balaban J connectivity index is 0.00000280. The van der Waals surface area contributed by atoms with E-state index in [2.05, 4.69) is 17.1 Å². The Hall–Kier alpha value is -2.57. The highest BCUT2D eigenvalue weighted by Crippen LogP contribution is 2.16. The van der Waals surface area contributed by atoms with Gasteiger partial charge < -0.3 is 16.0 Å². The first kappa shape index (κ1) is 21.7. The number of hydrogen-bond acceptors (Lipinski definition) is 4. The summed E-state index contributed by atoms with van der Waals surface area (Å²) in [4.78, 5) is 28.8. The molecule has 7 heteroatoms. The van der Waals surface area contributed by atoms with E-state index in [1.54, 1.807) is 24.3 Å². The Labute approximate surface area is 172 Å². The third kappa shape index (κ3) is 5.47.